The average Bonchev–Trinajstić information content (AvgIpc) is 3.38. The maximum absolute atomic E-state index is 12.3. The first-order valence-corrected chi connectivity index (χ1v) is 12.6. The van der Waals surface area contributed by atoms with Crippen molar-refractivity contribution in [3.05, 3.63) is 0 Å². The number of hydrogen-bond acceptors (Lipinski definition) is 5. The first kappa shape index (κ1) is 21.8. The molecule has 9 heteroatoms. The minimum absolute atomic E-state index is 0.0106. The summed E-state index contributed by atoms with van der Waals surface area (Å²) < 4.78 is 32.8. The molecule has 3 saturated heterocycles. The van der Waals surface area contributed by atoms with Gasteiger partial charge in [0, 0.05) is 38.8 Å². The van der Waals surface area contributed by atoms with E-state index < -0.39 is 10.0 Å². The van der Waals surface area contributed by atoms with E-state index in [0.29, 0.717) is 12.6 Å². The van der Waals surface area contributed by atoms with E-state index in [4.69, 9.17) is 4.74 Å². The molecule has 0 aromatic heterocycles. The fourth-order valence-electron chi connectivity index (χ4n) is 4.30. The number of sulfonamides is 1. The molecule has 8 nitrogen and oxygen atoms in total. The third-order valence-electron chi connectivity index (χ3n) is 5.88. The van der Waals surface area contributed by atoms with Crippen molar-refractivity contribution >= 4 is 16.0 Å². The van der Waals surface area contributed by atoms with Crippen LogP contribution in [0.3, 0.4) is 0 Å². The van der Waals surface area contributed by atoms with Gasteiger partial charge in [0.2, 0.25) is 10.0 Å². The highest BCUT2D eigenvalue weighted by Crippen LogP contribution is 2.20. The Labute approximate surface area is 170 Å². The predicted molar refractivity (Wildman–Crippen MR) is 112 cm³/mol. The van der Waals surface area contributed by atoms with E-state index in [-0.39, 0.29) is 18.4 Å². The highest BCUT2D eigenvalue weighted by molar-refractivity contribution is 7.89. The van der Waals surface area contributed by atoms with E-state index in [1.54, 1.807) is 0 Å². The summed E-state index contributed by atoms with van der Waals surface area (Å²) in [4.78, 5) is 9.47. The number of nitrogens with one attached hydrogen (secondary N) is 2. The second-order valence-corrected chi connectivity index (χ2v) is 9.95. The number of hydrogen-bond donors (Lipinski definition) is 2. The molecule has 0 aromatic carbocycles. The van der Waals surface area contributed by atoms with E-state index in [9.17, 15) is 8.42 Å². The molecule has 0 aromatic rings. The zero-order chi connectivity index (χ0) is 19.8. The van der Waals surface area contributed by atoms with Crippen LogP contribution in [0.15, 0.2) is 4.99 Å². The average molecular weight is 416 g/mol. The van der Waals surface area contributed by atoms with Crippen LogP contribution >= 0.6 is 0 Å². The van der Waals surface area contributed by atoms with Gasteiger partial charge in [-0.1, -0.05) is 0 Å². The van der Waals surface area contributed by atoms with Gasteiger partial charge in [-0.05, 0) is 58.5 Å². The third kappa shape index (κ3) is 6.57. The van der Waals surface area contributed by atoms with Crippen molar-refractivity contribution in [1.29, 1.82) is 0 Å². The standard InChI is InChI=1S/C19H37N5O3S/c1-2-20-19(24-12-8-17(16-24)23-10-4-5-11-23)21-9-14-28(25,26)22-15-18-7-3-6-13-27-18/h17-18,22H,2-16H2,1H3,(H,20,21). The summed E-state index contributed by atoms with van der Waals surface area (Å²) in [5.41, 5.74) is 0. The molecule has 2 atom stereocenters. The molecule has 3 aliphatic rings. The molecule has 0 spiro atoms. The van der Waals surface area contributed by atoms with Crippen LogP contribution in [-0.2, 0) is 14.8 Å². The topological polar surface area (TPSA) is 86.3 Å². The maximum atomic E-state index is 12.3. The normalized spacial score (nSPS) is 27.5. The second kappa shape index (κ2) is 10.8. The lowest BCUT2D eigenvalue weighted by Gasteiger charge is -2.25. The molecule has 0 saturated carbocycles. The molecule has 3 heterocycles. The highest BCUT2D eigenvalue weighted by Gasteiger charge is 2.30. The first-order chi connectivity index (χ1) is 13.6. The van der Waals surface area contributed by atoms with Crippen molar-refractivity contribution in [3.8, 4) is 0 Å². The third-order valence-corrected chi connectivity index (χ3v) is 7.21. The molecular weight excluding hydrogens is 378 g/mol. The number of nitrogens with zero attached hydrogens (tertiary/aromatic N) is 3. The summed E-state index contributed by atoms with van der Waals surface area (Å²) in [5.74, 6) is 0.855. The van der Waals surface area contributed by atoms with Gasteiger partial charge in [-0.3, -0.25) is 9.89 Å². The molecule has 162 valence electrons. The molecule has 0 radical (unpaired) electrons. The molecule has 0 bridgehead atoms. The molecule has 0 aliphatic carbocycles. The van der Waals surface area contributed by atoms with Gasteiger partial charge >= 0.3 is 0 Å². The quantitative estimate of drug-likeness (QED) is 0.446. The smallest absolute Gasteiger partial charge is 0.213 e. The maximum Gasteiger partial charge on any atom is 0.213 e. The lowest BCUT2D eigenvalue weighted by atomic mass is 10.1. The van der Waals surface area contributed by atoms with E-state index in [1.807, 2.05) is 6.92 Å². The lowest BCUT2D eigenvalue weighted by Crippen LogP contribution is -2.43. The minimum atomic E-state index is -3.33. The largest absolute Gasteiger partial charge is 0.377 e. The van der Waals surface area contributed by atoms with Crippen LogP contribution in [0.1, 0.15) is 45.4 Å². The fourth-order valence-corrected chi connectivity index (χ4v) is 5.21. The molecule has 3 fully saturated rings. The van der Waals surface area contributed by atoms with Crippen molar-refractivity contribution in [2.75, 3.05) is 58.2 Å². The van der Waals surface area contributed by atoms with Crippen molar-refractivity contribution < 1.29 is 13.2 Å². The van der Waals surface area contributed by atoms with E-state index in [0.717, 1.165) is 57.9 Å². The lowest BCUT2D eigenvalue weighted by molar-refractivity contribution is 0.0200. The summed E-state index contributed by atoms with van der Waals surface area (Å²) in [7, 11) is -3.33. The van der Waals surface area contributed by atoms with Crippen LogP contribution in [0.4, 0.5) is 0 Å². The number of likely N-dealkylation sites (tertiary alicyclic amines) is 2. The molecule has 0 amide bonds. The molecule has 2 unspecified atom stereocenters. The minimum Gasteiger partial charge on any atom is -0.377 e. The Bertz CT molecular complexity index is 601. The van der Waals surface area contributed by atoms with Crippen LogP contribution < -0.4 is 10.0 Å². The summed E-state index contributed by atoms with van der Waals surface area (Å²) >= 11 is 0. The zero-order valence-electron chi connectivity index (χ0n) is 17.2. The van der Waals surface area contributed by atoms with Gasteiger partial charge in [-0.25, -0.2) is 13.1 Å². The van der Waals surface area contributed by atoms with Gasteiger partial charge in [0.1, 0.15) is 0 Å². The van der Waals surface area contributed by atoms with Crippen LogP contribution in [0.5, 0.6) is 0 Å². The van der Waals surface area contributed by atoms with Gasteiger partial charge in [-0.15, -0.1) is 0 Å². The van der Waals surface area contributed by atoms with E-state index >= 15 is 0 Å². The summed E-state index contributed by atoms with van der Waals surface area (Å²) in [6.07, 6.45) is 6.89. The van der Waals surface area contributed by atoms with Gasteiger partial charge in [-0.2, -0.15) is 0 Å². The summed E-state index contributed by atoms with van der Waals surface area (Å²) in [5, 5.41) is 3.33. The Kier molecular flexibility index (Phi) is 8.37. The summed E-state index contributed by atoms with van der Waals surface area (Å²) in [6, 6.07) is 0.604. The van der Waals surface area contributed by atoms with E-state index in [1.165, 1.54) is 25.9 Å². The van der Waals surface area contributed by atoms with Gasteiger partial charge in [0.25, 0.3) is 0 Å². The highest BCUT2D eigenvalue weighted by atomic mass is 32.2. The Morgan fingerprint density at radius 3 is 2.68 bits per heavy atom. The van der Waals surface area contributed by atoms with E-state index in [2.05, 4.69) is 24.8 Å². The molecule has 3 aliphatic heterocycles. The molecule has 3 rings (SSSR count). The number of ether oxygens (including phenoxy) is 1. The zero-order valence-corrected chi connectivity index (χ0v) is 18.1. The molecular formula is C19H37N5O3S. The van der Waals surface area contributed by atoms with Crippen LogP contribution in [-0.4, -0.2) is 94.5 Å². The Balaban J connectivity index is 1.45. The van der Waals surface area contributed by atoms with Crippen molar-refractivity contribution in [1.82, 2.24) is 19.8 Å². The van der Waals surface area contributed by atoms with Crippen LogP contribution in [0.25, 0.3) is 0 Å². The van der Waals surface area contributed by atoms with Gasteiger partial charge in [0.05, 0.1) is 18.4 Å². The molecule has 2 N–H and O–H groups in total. The van der Waals surface area contributed by atoms with Crippen LogP contribution in [0, 0.1) is 0 Å². The SMILES string of the molecule is CCNC(=NCCS(=O)(=O)NCC1CCCCO1)N1CCC(N2CCCC2)C1. The first-order valence-electron chi connectivity index (χ1n) is 10.9. The number of guanidine groups is 1. The predicted octanol–water partition coefficient (Wildman–Crippen LogP) is 0.611. The van der Waals surface area contributed by atoms with Crippen LogP contribution in [0.2, 0.25) is 0 Å². The van der Waals surface area contributed by atoms with Crippen molar-refractivity contribution in [2.24, 2.45) is 4.99 Å². The molecule has 28 heavy (non-hydrogen) atoms. The monoisotopic (exact) mass is 415 g/mol. The Morgan fingerprint density at radius 2 is 1.96 bits per heavy atom. The van der Waals surface area contributed by atoms with Crippen molar-refractivity contribution in [3.63, 3.8) is 0 Å². The Hall–Kier alpha value is -0.900. The van der Waals surface area contributed by atoms with Gasteiger partial charge in [0.15, 0.2) is 5.96 Å². The number of rotatable bonds is 8. The second-order valence-electron chi connectivity index (χ2n) is 8.02. The van der Waals surface area contributed by atoms with Gasteiger partial charge < -0.3 is 15.0 Å². The fraction of sp³-hybridized carbons (Fsp3) is 0.947. The Morgan fingerprint density at radius 1 is 1.14 bits per heavy atom. The van der Waals surface area contributed by atoms with Crippen molar-refractivity contribution in [2.45, 2.75) is 57.6 Å². The number of aliphatic imine (C=N–C) groups is 1. The summed E-state index contributed by atoms with van der Waals surface area (Å²) in [6.45, 7) is 8.59.